The molecule has 232 valence electrons. The summed E-state index contributed by atoms with van der Waals surface area (Å²) in [5.74, 6) is -5.19. The number of amides is 2. The number of aliphatic imine (C=N–C) groups is 4. The van der Waals surface area contributed by atoms with Crippen molar-refractivity contribution in [2.24, 2.45) is 25.7 Å². The number of hydrogen-bond acceptors (Lipinski definition) is 15. The van der Waals surface area contributed by atoms with Gasteiger partial charge in [-0.15, -0.1) is 6.54 Å². The molecule has 0 fully saturated rings. The number of rotatable bonds is 10. The van der Waals surface area contributed by atoms with E-state index in [1.807, 2.05) is 0 Å². The monoisotopic (exact) mass is 666 g/mol. The largest absolute Gasteiger partial charge is 3.00 e. The average Bonchev–Trinajstić information content (AvgIpc) is 2.89. The predicted octanol–water partition coefficient (Wildman–Crippen LogP) is -3.36. The van der Waals surface area contributed by atoms with Gasteiger partial charge in [0.05, 0.1) is 0 Å². The number of nitrogens with one attached hydrogen (secondary N) is 2. The van der Waals surface area contributed by atoms with E-state index in [1.54, 1.807) is 12.1 Å². The number of carbonyl (C=O) groups is 5. The van der Waals surface area contributed by atoms with Gasteiger partial charge < -0.3 is 51.3 Å². The van der Waals surface area contributed by atoms with E-state index in [4.69, 9.17) is 49.1 Å². The van der Waals surface area contributed by atoms with E-state index >= 15 is 0 Å². The summed E-state index contributed by atoms with van der Waals surface area (Å²) in [4.78, 5) is 70.7. The first-order valence-electron chi connectivity index (χ1n) is 11.2. The van der Waals surface area contributed by atoms with Crippen molar-refractivity contribution in [3.8, 4) is 0 Å². The van der Waals surface area contributed by atoms with Crippen molar-refractivity contribution < 1.29 is 75.3 Å². The maximum Gasteiger partial charge on any atom is 3.00 e. The predicted molar refractivity (Wildman–Crippen MR) is 139 cm³/mol. The number of nitrogens with zero attached hydrogens (tertiary/aromatic N) is 5. The summed E-state index contributed by atoms with van der Waals surface area (Å²) in [6.07, 6.45) is 0.911. The number of carboxylic acids is 3. The number of amidine groups is 1. The van der Waals surface area contributed by atoms with E-state index < -0.39 is 58.7 Å². The van der Waals surface area contributed by atoms with Crippen LogP contribution in [0.5, 0.6) is 0 Å². The maximum atomic E-state index is 12.3. The second-order valence-corrected chi connectivity index (χ2v) is 8.54. The Balaban J connectivity index is 0. The third-order valence-corrected chi connectivity index (χ3v) is 4.56. The molecular weight excluding hydrogens is 644 g/mol. The number of benzene rings is 1. The summed E-state index contributed by atoms with van der Waals surface area (Å²) in [6, 6.07) is 4.44. The Morgan fingerprint density at radius 1 is 1.12 bits per heavy atom. The van der Waals surface area contributed by atoms with E-state index in [-0.39, 0.29) is 54.4 Å². The molecule has 20 nitrogen and oxygen atoms in total. The molecule has 6 N–H and O–H groups in total. The number of fused-ring (bicyclic) bond motifs is 1. The van der Waals surface area contributed by atoms with Gasteiger partial charge in [-0.3, -0.25) is 27.8 Å². The zero-order valence-corrected chi connectivity index (χ0v) is 23.3. The number of hydrogen-bond donors (Lipinski definition) is 5. The van der Waals surface area contributed by atoms with E-state index in [9.17, 15) is 19.2 Å². The minimum absolute atomic E-state index is 0. The van der Waals surface area contributed by atoms with Crippen LogP contribution in [0.15, 0.2) is 44.2 Å². The fourth-order valence-electron chi connectivity index (χ4n) is 2.82. The van der Waals surface area contributed by atoms with Gasteiger partial charge in [0.2, 0.25) is 5.96 Å². The van der Waals surface area contributed by atoms with Crippen LogP contribution in [0.2, 0.25) is 0 Å². The molecule has 2 radical (unpaired) electrons. The summed E-state index contributed by atoms with van der Waals surface area (Å²) in [5.41, 5.74) is 13.8. The van der Waals surface area contributed by atoms with Gasteiger partial charge in [-0.2, -0.15) is 9.98 Å². The molecule has 1 unspecified atom stereocenters. The van der Waals surface area contributed by atoms with Crippen molar-refractivity contribution in [2.45, 2.75) is 24.9 Å². The quantitative estimate of drug-likeness (QED) is 0.0925. The molecule has 2 amide bonds. The molecule has 0 spiro atoms. The fourth-order valence-corrected chi connectivity index (χ4v) is 2.82. The van der Waals surface area contributed by atoms with Crippen LogP contribution < -0.4 is 21.5 Å². The number of carbonyl (C=O) groups excluding carboxylic acids is 3. The van der Waals surface area contributed by atoms with Crippen molar-refractivity contribution in [2.75, 3.05) is 18.4 Å². The van der Waals surface area contributed by atoms with Crippen LogP contribution in [0.4, 0.5) is 5.69 Å². The Morgan fingerprint density at radius 3 is 2.16 bits per heavy atom. The Hall–Kier alpha value is -4.60. The van der Waals surface area contributed by atoms with E-state index in [0.717, 1.165) is 0 Å². The van der Waals surface area contributed by atoms with Crippen LogP contribution in [0, 0.1) is 0 Å². The second-order valence-electron chi connectivity index (χ2n) is 7.73. The molecule has 2 aliphatic rings. The number of nitrogens with two attached hydrogens (primary N) is 1. The molecule has 0 bridgehead atoms. The van der Waals surface area contributed by atoms with Gasteiger partial charge >= 0.3 is 36.3 Å². The molecule has 3 rings (SSSR count). The first-order chi connectivity index (χ1) is 19.5. The van der Waals surface area contributed by atoms with Crippen molar-refractivity contribution in [1.29, 1.82) is 0 Å². The van der Waals surface area contributed by atoms with E-state index in [0.29, 0.717) is 12.2 Å². The number of carboxylic acid groups (broad SMARTS) is 3. The normalized spacial score (nSPS) is 15.6. The van der Waals surface area contributed by atoms with Crippen molar-refractivity contribution in [1.82, 2.24) is 5.32 Å². The van der Waals surface area contributed by atoms with Gasteiger partial charge in [0.25, 0.3) is 5.91 Å². The Labute approximate surface area is 254 Å². The first kappa shape index (κ1) is 38.4. The van der Waals surface area contributed by atoms with Gasteiger partial charge in [0, 0.05) is 46.8 Å². The van der Waals surface area contributed by atoms with Gasteiger partial charge in [-0.25, -0.2) is 9.79 Å². The molecule has 0 saturated heterocycles. The third-order valence-electron chi connectivity index (χ3n) is 4.56. The van der Waals surface area contributed by atoms with Crippen molar-refractivity contribution in [3.05, 3.63) is 35.6 Å². The summed E-state index contributed by atoms with van der Waals surface area (Å²) >= 11 is 0. The Bertz CT molecular complexity index is 1430. The number of aliphatic carboxylic acids is 3. The zero-order chi connectivity index (χ0) is 32.0. The molecule has 2 aliphatic heterocycles. The van der Waals surface area contributed by atoms with Crippen LogP contribution >= 0.6 is 0 Å². The van der Waals surface area contributed by atoms with Crippen molar-refractivity contribution in [3.63, 3.8) is 0 Å². The Morgan fingerprint density at radius 2 is 1.67 bits per heavy atom. The second kappa shape index (κ2) is 18.0. The maximum absolute atomic E-state index is 12.3. The molecular formula is C21H22FeN8O12S. The number of guanidine groups is 1. The topological polar surface area (TPSA) is 351 Å². The standard InChI is InChI=1S/C19H19N7O6.C2H3NO2.Fe.H2O4S/c20-19-25-15-14(17(30)26-19)23-11(8-22-15)7-21-10-3-1-9(2-4-10)16(29)24-12(18(31)32)5-6-13(27)28;3-1-2(4)5;;1-5(2,3)4/h1-4,8,11-12,21H,5-7H2,(H,24,29)(H,27,28)(H,31,32)(H2,20,26,30);1H2,(H,4,5);;(H2,1,2,3,4)/q;-1;+3;/p-2/t11?,12-;;;/m0.../s1. The zero-order valence-electron chi connectivity index (χ0n) is 22.4. The van der Waals surface area contributed by atoms with E-state index in [2.05, 4.69) is 30.6 Å². The van der Waals surface area contributed by atoms with Crippen LogP contribution in [0.25, 0.3) is 5.73 Å². The van der Waals surface area contributed by atoms with Gasteiger partial charge in [-0.05, 0) is 30.7 Å². The van der Waals surface area contributed by atoms with Crippen LogP contribution in [0.3, 0.4) is 0 Å². The fraction of sp³-hybridized carbons (Fsp3) is 0.286. The van der Waals surface area contributed by atoms with Gasteiger partial charge in [-0.1, -0.05) is 0 Å². The molecule has 2 atom stereocenters. The summed E-state index contributed by atoms with van der Waals surface area (Å²) in [5, 5.41) is 32.2. The minimum atomic E-state index is -5.17. The van der Waals surface area contributed by atoms with E-state index in [1.165, 1.54) is 18.3 Å². The smallest absolute Gasteiger partial charge is 0.803 e. The van der Waals surface area contributed by atoms with Crippen LogP contribution in [-0.4, -0.2) is 106 Å². The molecule has 1 aromatic carbocycles. The molecule has 0 aromatic heterocycles. The van der Waals surface area contributed by atoms with Gasteiger partial charge in [0.1, 0.15) is 12.1 Å². The molecule has 2 heterocycles. The summed E-state index contributed by atoms with van der Waals surface area (Å²) < 4.78 is 34.1. The minimum Gasteiger partial charge on any atom is -0.803 e. The molecule has 22 heteroatoms. The van der Waals surface area contributed by atoms with Crippen molar-refractivity contribution >= 4 is 69.5 Å². The molecule has 0 aliphatic carbocycles. The van der Waals surface area contributed by atoms with Gasteiger partial charge in [0.15, 0.2) is 11.5 Å². The summed E-state index contributed by atoms with van der Waals surface area (Å²) in [7, 11) is -5.17. The number of anilines is 1. The van der Waals surface area contributed by atoms with Crippen LogP contribution in [0.1, 0.15) is 24.6 Å². The van der Waals surface area contributed by atoms with Crippen LogP contribution in [-0.2, 0) is 46.6 Å². The molecule has 43 heavy (non-hydrogen) atoms. The first-order valence-corrected chi connectivity index (χ1v) is 12.5. The summed E-state index contributed by atoms with van der Waals surface area (Å²) in [6.45, 7) is -0.589. The molecule has 0 saturated carbocycles. The molecule has 1 aromatic rings. The SMILES string of the molecule is NC1=NC(=O)C2=NC(CNc3ccc(C(=O)N[C@@H](CCC(=O)O)C(=O)O)cc3)C=NC2=N1.O=S(=O)([O-])[O-].[Fe+3].[H+].[N-]CC(=O)[O-]. The Kier molecular flexibility index (Phi) is 16.1. The average molecular weight is 666 g/mol. The third kappa shape index (κ3) is 15.8.